The summed E-state index contributed by atoms with van der Waals surface area (Å²) in [6.45, 7) is 3.77. The van der Waals surface area contributed by atoms with Gasteiger partial charge < -0.3 is 14.8 Å². The van der Waals surface area contributed by atoms with Gasteiger partial charge in [0.15, 0.2) is 12.4 Å². The lowest BCUT2D eigenvalue weighted by Crippen LogP contribution is -2.22. The van der Waals surface area contributed by atoms with E-state index in [4.69, 9.17) is 14.5 Å². The Morgan fingerprint density at radius 3 is 2.63 bits per heavy atom. The number of amides is 1. The Bertz CT molecular complexity index is 1200. The number of hydrogen-bond donors (Lipinski definition) is 1. The van der Waals surface area contributed by atoms with Crippen molar-refractivity contribution >= 4 is 22.6 Å². The number of nitrogens with one attached hydrogen (secondary N) is 1. The lowest BCUT2D eigenvalue weighted by Gasteiger charge is -2.12. The van der Waals surface area contributed by atoms with Crippen molar-refractivity contribution in [2.24, 2.45) is 0 Å². The summed E-state index contributed by atoms with van der Waals surface area (Å²) in [7, 11) is 1.62. The first-order valence-corrected chi connectivity index (χ1v) is 9.54. The van der Waals surface area contributed by atoms with E-state index in [1.807, 2.05) is 56.3 Å². The average molecular weight is 402 g/mol. The Morgan fingerprint density at radius 2 is 1.87 bits per heavy atom. The number of aryl methyl sites for hydroxylation is 2. The fraction of sp³-hybridized carbons (Fsp3) is 0.174. The summed E-state index contributed by atoms with van der Waals surface area (Å²) < 4.78 is 12.6. The topological polar surface area (TPSA) is 78.3 Å². The summed E-state index contributed by atoms with van der Waals surface area (Å²) >= 11 is 0. The summed E-state index contributed by atoms with van der Waals surface area (Å²) in [5.41, 5.74) is 2.54. The third-order valence-corrected chi connectivity index (χ3v) is 4.64. The lowest BCUT2D eigenvalue weighted by atomic mass is 10.1. The molecule has 30 heavy (non-hydrogen) atoms. The number of fused-ring (bicyclic) bond motifs is 1. The molecule has 0 saturated heterocycles. The molecular formula is C23H22N4O3. The van der Waals surface area contributed by atoms with Gasteiger partial charge in [0.25, 0.3) is 5.91 Å². The van der Waals surface area contributed by atoms with E-state index in [1.54, 1.807) is 30.0 Å². The van der Waals surface area contributed by atoms with Crippen molar-refractivity contribution in [1.82, 2.24) is 14.8 Å². The molecule has 2 aromatic heterocycles. The van der Waals surface area contributed by atoms with Crippen molar-refractivity contribution in [2.75, 3.05) is 19.0 Å². The SMILES string of the molecule is COc1cccc2c(C)cc(-n3nc(C)cc3NC(=O)COc3ccccc3)nc12. The molecule has 152 valence electrons. The molecule has 2 aromatic carbocycles. The van der Waals surface area contributed by atoms with Crippen LogP contribution in [-0.2, 0) is 4.79 Å². The molecule has 4 aromatic rings. The first-order chi connectivity index (χ1) is 14.5. The van der Waals surface area contributed by atoms with Gasteiger partial charge in [-0.25, -0.2) is 4.98 Å². The predicted octanol–water partition coefficient (Wildman–Crippen LogP) is 4.06. The van der Waals surface area contributed by atoms with Crippen LogP contribution in [-0.4, -0.2) is 34.4 Å². The van der Waals surface area contributed by atoms with Crippen molar-refractivity contribution in [2.45, 2.75) is 13.8 Å². The Labute approximate surface area is 174 Å². The van der Waals surface area contributed by atoms with Gasteiger partial charge in [-0.15, -0.1) is 0 Å². The molecule has 7 heteroatoms. The van der Waals surface area contributed by atoms with Crippen LogP contribution in [0.4, 0.5) is 5.82 Å². The van der Waals surface area contributed by atoms with Crippen molar-refractivity contribution in [3.8, 4) is 17.3 Å². The van der Waals surface area contributed by atoms with E-state index in [0.29, 0.717) is 23.1 Å². The van der Waals surface area contributed by atoms with Gasteiger partial charge in [0.1, 0.15) is 22.8 Å². The van der Waals surface area contributed by atoms with Crippen LogP contribution in [0.1, 0.15) is 11.3 Å². The molecule has 1 amide bonds. The highest BCUT2D eigenvalue weighted by molar-refractivity contribution is 5.92. The highest BCUT2D eigenvalue weighted by Gasteiger charge is 2.15. The standard InChI is InChI=1S/C23H22N4O3/c1-15-12-20(25-23-18(15)10-7-11-19(23)29-3)27-21(13-16(2)26-27)24-22(28)14-30-17-8-5-4-6-9-17/h4-13H,14H2,1-3H3,(H,24,28). The molecular weight excluding hydrogens is 380 g/mol. The molecule has 0 bridgehead atoms. The third kappa shape index (κ3) is 3.96. The summed E-state index contributed by atoms with van der Waals surface area (Å²) in [5.74, 6) is 2.15. The van der Waals surface area contributed by atoms with E-state index in [0.717, 1.165) is 22.2 Å². The number of pyridine rings is 1. The number of nitrogens with zero attached hydrogens (tertiary/aromatic N) is 3. The zero-order valence-corrected chi connectivity index (χ0v) is 17.0. The number of para-hydroxylation sites is 2. The maximum Gasteiger partial charge on any atom is 0.263 e. The molecule has 0 spiro atoms. The number of rotatable bonds is 6. The number of methoxy groups -OCH3 is 1. The average Bonchev–Trinajstić information content (AvgIpc) is 3.12. The molecule has 0 saturated carbocycles. The van der Waals surface area contributed by atoms with Crippen molar-refractivity contribution < 1.29 is 14.3 Å². The molecule has 4 rings (SSSR count). The number of anilines is 1. The number of ether oxygens (including phenoxy) is 2. The minimum atomic E-state index is -0.282. The van der Waals surface area contributed by atoms with Crippen LogP contribution >= 0.6 is 0 Å². The smallest absolute Gasteiger partial charge is 0.263 e. The van der Waals surface area contributed by atoms with E-state index in [-0.39, 0.29) is 12.5 Å². The van der Waals surface area contributed by atoms with Gasteiger partial charge in [0.2, 0.25) is 0 Å². The van der Waals surface area contributed by atoms with E-state index in [1.165, 1.54) is 0 Å². The van der Waals surface area contributed by atoms with Crippen molar-refractivity contribution in [3.63, 3.8) is 0 Å². The normalized spacial score (nSPS) is 10.8. The first kappa shape index (κ1) is 19.4. The summed E-state index contributed by atoms with van der Waals surface area (Å²) in [6.07, 6.45) is 0. The summed E-state index contributed by atoms with van der Waals surface area (Å²) in [6, 6.07) is 18.7. The molecule has 0 aliphatic rings. The Morgan fingerprint density at radius 1 is 1.07 bits per heavy atom. The Hall–Kier alpha value is -3.87. The van der Waals surface area contributed by atoms with Gasteiger partial charge in [-0.05, 0) is 43.7 Å². The Balaban J connectivity index is 1.62. The third-order valence-electron chi connectivity index (χ3n) is 4.64. The van der Waals surface area contributed by atoms with E-state index in [2.05, 4.69) is 10.4 Å². The molecule has 2 heterocycles. The van der Waals surface area contributed by atoms with E-state index < -0.39 is 0 Å². The fourth-order valence-electron chi connectivity index (χ4n) is 3.25. The summed E-state index contributed by atoms with van der Waals surface area (Å²) in [4.78, 5) is 17.2. The highest BCUT2D eigenvalue weighted by Crippen LogP contribution is 2.28. The quantitative estimate of drug-likeness (QED) is 0.526. The molecule has 0 radical (unpaired) electrons. The van der Waals surface area contributed by atoms with Crippen LogP contribution in [0.25, 0.3) is 16.7 Å². The Kier molecular flexibility index (Phi) is 5.34. The number of carbonyl (C=O) groups excluding carboxylic acids is 1. The van der Waals surface area contributed by atoms with Gasteiger partial charge in [-0.3, -0.25) is 4.79 Å². The van der Waals surface area contributed by atoms with Crippen LogP contribution < -0.4 is 14.8 Å². The van der Waals surface area contributed by atoms with Gasteiger partial charge >= 0.3 is 0 Å². The van der Waals surface area contributed by atoms with Crippen LogP contribution in [0.15, 0.2) is 60.7 Å². The molecule has 0 fully saturated rings. The zero-order valence-electron chi connectivity index (χ0n) is 17.0. The summed E-state index contributed by atoms with van der Waals surface area (Å²) in [5, 5.41) is 8.38. The maximum absolute atomic E-state index is 12.4. The second-order valence-electron chi connectivity index (χ2n) is 6.89. The lowest BCUT2D eigenvalue weighted by molar-refractivity contribution is -0.118. The maximum atomic E-state index is 12.4. The van der Waals surface area contributed by atoms with Crippen LogP contribution in [0.3, 0.4) is 0 Å². The second kappa shape index (κ2) is 8.24. The van der Waals surface area contributed by atoms with Gasteiger partial charge in [0.05, 0.1) is 12.8 Å². The monoisotopic (exact) mass is 402 g/mol. The predicted molar refractivity (Wildman–Crippen MR) is 115 cm³/mol. The molecule has 0 unspecified atom stereocenters. The number of benzene rings is 2. The largest absolute Gasteiger partial charge is 0.494 e. The van der Waals surface area contributed by atoms with Crippen LogP contribution in [0.2, 0.25) is 0 Å². The minimum Gasteiger partial charge on any atom is -0.494 e. The molecule has 0 aliphatic heterocycles. The van der Waals surface area contributed by atoms with Gasteiger partial charge in [-0.1, -0.05) is 30.3 Å². The number of aromatic nitrogens is 3. The van der Waals surface area contributed by atoms with Crippen LogP contribution in [0, 0.1) is 13.8 Å². The van der Waals surface area contributed by atoms with Crippen LogP contribution in [0.5, 0.6) is 11.5 Å². The van der Waals surface area contributed by atoms with Crippen molar-refractivity contribution in [3.05, 3.63) is 71.9 Å². The molecule has 7 nitrogen and oxygen atoms in total. The molecule has 1 N–H and O–H groups in total. The number of hydrogen-bond acceptors (Lipinski definition) is 5. The first-order valence-electron chi connectivity index (χ1n) is 9.54. The second-order valence-corrected chi connectivity index (χ2v) is 6.89. The fourth-order valence-corrected chi connectivity index (χ4v) is 3.25. The van der Waals surface area contributed by atoms with Gasteiger partial charge in [0, 0.05) is 11.5 Å². The number of carbonyl (C=O) groups is 1. The highest BCUT2D eigenvalue weighted by atomic mass is 16.5. The molecule has 0 atom stereocenters. The van der Waals surface area contributed by atoms with Crippen molar-refractivity contribution in [1.29, 1.82) is 0 Å². The van der Waals surface area contributed by atoms with Gasteiger partial charge in [-0.2, -0.15) is 9.78 Å². The minimum absolute atomic E-state index is 0.105. The zero-order chi connectivity index (χ0) is 21.1. The van der Waals surface area contributed by atoms with E-state index >= 15 is 0 Å². The molecule has 0 aliphatic carbocycles. The van der Waals surface area contributed by atoms with E-state index in [9.17, 15) is 4.79 Å².